The summed E-state index contributed by atoms with van der Waals surface area (Å²) in [6, 6.07) is 3.89. The van der Waals surface area contributed by atoms with Crippen molar-refractivity contribution in [1.29, 1.82) is 0 Å². The Morgan fingerprint density at radius 2 is 1.91 bits per heavy atom. The van der Waals surface area contributed by atoms with Gasteiger partial charge in [-0.1, -0.05) is 11.8 Å². The van der Waals surface area contributed by atoms with Gasteiger partial charge in [0.15, 0.2) is 5.78 Å². The number of rotatable bonds is 4. The van der Waals surface area contributed by atoms with Crippen molar-refractivity contribution in [1.82, 2.24) is 9.97 Å². The first-order chi connectivity index (χ1) is 10.5. The van der Waals surface area contributed by atoms with Crippen LogP contribution in [0.3, 0.4) is 0 Å². The molecule has 22 heavy (non-hydrogen) atoms. The Labute approximate surface area is 141 Å². The van der Waals surface area contributed by atoms with Crippen molar-refractivity contribution in [3.63, 3.8) is 0 Å². The molecule has 0 aliphatic rings. The number of aryl methyl sites for hydroxylation is 4. The maximum Gasteiger partial charge on any atom is 0.183 e. The van der Waals surface area contributed by atoms with E-state index in [-0.39, 0.29) is 5.78 Å². The van der Waals surface area contributed by atoms with Crippen molar-refractivity contribution in [2.24, 2.45) is 0 Å². The zero-order valence-electron chi connectivity index (χ0n) is 12.9. The molecule has 0 aromatic carbocycles. The second kappa shape index (κ2) is 6.10. The molecule has 3 nitrogen and oxygen atoms in total. The number of nitrogens with zero attached hydrogens (tertiary/aromatic N) is 2. The van der Waals surface area contributed by atoms with Gasteiger partial charge in [0.2, 0.25) is 0 Å². The van der Waals surface area contributed by atoms with Crippen LogP contribution in [0.2, 0.25) is 0 Å². The van der Waals surface area contributed by atoms with Crippen molar-refractivity contribution in [3.8, 4) is 0 Å². The molecule has 3 rings (SSSR count). The van der Waals surface area contributed by atoms with Gasteiger partial charge >= 0.3 is 0 Å². The monoisotopic (exact) mass is 348 g/mol. The van der Waals surface area contributed by atoms with Crippen LogP contribution in [0.5, 0.6) is 0 Å². The van der Waals surface area contributed by atoms with Crippen LogP contribution in [0.1, 0.15) is 30.8 Å². The Balaban J connectivity index is 1.89. The quantitative estimate of drug-likeness (QED) is 0.380. The number of thioether (sulfide) groups is 1. The zero-order valence-corrected chi connectivity index (χ0v) is 15.3. The summed E-state index contributed by atoms with van der Waals surface area (Å²) < 4.78 is 0. The highest BCUT2D eigenvalue weighted by Gasteiger charge is 2.16. The lowest BCUT2D eigenvalue weighted by Crippen LogP contribution is -2.01. The Bertz CT molecular complexity index is 864. The van der Waals surface area contributed by atoms with Gasteiger partial charge < -0.3 is 0 Å². The van der Waals surface area contributed by atoms with E-state index in [2.05, 4.69) is 23.8 Å². The average Bonchev–Trinajstić information content (AvgIpc) is 3.01. The van der Waals surface area contributed by atoms with Crippen LogP contribution in [0.4, 0.5) is 0 Å². The van der Waals surface area contributed by atoms with Crippen LogP contribution in [-0.2, 0) is 0 Å². The molecule has 114 valence electrons. The van der Waals surface area contributed by atoms with E-state index in [0.717, 1.165) is 30.8 Å². The number of ketones is 1. The van der Waals surface area contributed by atoms with E-state index in [1.54, 1.807) is 22.7 Å². The van der Waals surface area contributed by atoms with Crippen LogP contribution >= 0.6 is 34.4 Å². The van der Waals surface area contributed by atoms with E-state index in [9.17, 15) is 4.79 Å². The molecule has 0 radical (unpaired) electrons. The van der Waals surface area contributed by atoms with Crippen molar-refractivity contribution in [2.45, 2.75) is 32.7 Å². The molecule has 0 unspecified atom stereocenters. The molecule has 3 heterocycles. The van der Waals surface area contributed by atoms with Crippen molar-refractivity contribution < 1.29 is 4.79 Å². The fourth-order valence-corrected chi connectivity index (χ4v) is 5.26. The summed E-state index contributed by atoms with van der Waals surface area (Å²) in [5.41, 5.74) is 1.22. The molecule has 0 fully saturated rings. The number of Topliss-reactive ketones (excluding diaryl/α,β-unsaturated/α-hetero) is 1. The predicted octanol–water partition coefficient (Wildman–Crippen LogP) is 4.96. The van der Waals surface area contributed by atoms with Crippen LogP contribution in [0, 0.1) is 27.7 Å². The Morgan fingerprint density at radius 3 is 2.59 bits per heavy atom. The summed E-state index contributed by atoms with van der Waals surface area (Å²) in [6.45, 7) is 8.12. The molecule has 3 aromatic heterocycles. The van der Waals surface area contributed by atoms with Gasteiger partial charge in [-0.2, -0.15) is 0 Å². The Kier molecular flexibility index (Phi) is 4.34. The van der Waals surface area contributed by atoms with Gasteiger partial charge in [-0.05, 0) is 45.4 Å². The molecular weight excluding hydrogens is 332 g/mol. The normalized spacial score (nSPS) is 11.3. The third kappa shape index (κ3) is 2.95. The predicted molar refractivity (Wildman–Crippen MR) is 95.7 cm³/mol. The molecule has 0 saturated heterocycles. The smallest absolute Gasteiger partial charge is 0.183 e. The molecule has 3 aromatic rings. The first kappa shape index (κ1) is 15.6. The number of hydrogen-bond donors (Lipinski definition) is 0. The highest BCUT2D eigenvalue weighted by atomic mass is 32.2. The zero-order chi connectivity index (χ0) is 15.9. The van der Waals surface area contributed by atoms with E-state index in [1.807, 2.05) is 26.0 Å². The molecule has 0 bridgehead atoms. The van der Waals surface area contributed by atoms with E-state index >= 15 is 0 Å². The minimum Gasteiger partial charge on any atom is -0.292 e. The molecule has 0 amide bonds. The summed E-state index contributed by atoms with van der Waals surface area (Å²) >= 11 is 4.76. The second-order valence-electron chi connectivity index (χ2n) is 5.16. The molecule has 0 atom stereocenters. The van der Waals surface area contributed by atoms with E-state index in [0.29, 0.717) is 5.75 Å². The summed E-state index contributed by atoms with van der Waals surface area (Å²) in [7, 11) is 0. The van der Waals surface area contributed by atoms with E-state index in [4.69, 9.17) is 0 Å². The highest BCUT2D eigenvalue weighted by molar-refractivity contribution is 8.00. The number of carbonyl (C=O) groups excluding carboxylic acids is 1. The first-order valence-electron chi connectivity index (χ1n) is 6.92. The Hall–Kier alpha value is -1.24. The summed E-state index contributed by atoms with van der Waals surface area (Å²) in [5, 5.41) is 2.03. The molecule has 6 heteroatoms. The fraction of sp³-hybridized carbons (Fsp3) is 0.312. The maximum atomic E-state index is 12.3. The lowest BCUT2D eigenvalue weighted by Gasteiger charge is -2.04. The number of thiophene rings is 2. The van der Waals surface area contributed by atoms with Gasteiger partial charge in [0.1, 0.15) is 15.7 Å². The van der Waals surface area contributed by atoms with E-state index < -0.39 is 0 Å². The minimum absolute atomic E-state index is 0.164. The van der Waals surface area contributed by atoms with Crippen molar-refractivity contribution in [3.05, 3.63) is 38.2 Å². The topological polar surface area (TPSA) is 42.9 Å². The lowest BCUT2D eigenvalue weighted by atomic mass is 10.2. The SMILES string of the molecule is Cc1nc(SCC(=O)c2ccc(C)s2)c2c(C)c(C)sc2n1. The number of aromatic nitrogens is 2. The van der Waals surface area contributed by atoms with Crippen LogP contribution in [0.25, 0.3) is 10.2 Å². The third-order valence-electron chi connectivity index (χ3n) is 3.46. The second-order valence-corrected chi connectivity index (χ2v) is 8.62. The highest BCUT2D eigenvalue weighted by Crippen LogP contribution is 2.35. The molecular formula is C16H16N2OS3. The molecule has 0 aliphatic carbocycles. The van der Waals surface area contributed by atoms with Gasteiger partial charge in [0.25, 0.3) is 0 Å². The third-order valence-corrected chi connectivity index (χ3v) is 6.58. The van der Waals surface area contributed by atoms with Crippen molar-refractivity contribution >= 4 is 50.4 Å². The molecule has 0 spiro atoms. The largest absolute Gasteiger partial charge is 0.292 e. The molecule has 0 aliphatic heterocycles. The minimum atomic E-state index is 0.164. The van der Waals surface area contributed by atoms with Gasteiger partial charge in [-0.15, -0.1) is 22.7 Å². The van der Waals surface area contributed by atoms with Gasteiger partial charge in [-0.25, -0.2) is 9.97 Å². The number of hydrogen-bond acceptors (Lipinski definition) is 6. The maximum absolute atomic E-state index is 12.3. The van der Waals surface area contributed by atoms with Crippen LogP contribution in [-0.4, -0.2) is 21.5 Å². The summed E-state index contributed by atoms with van der Waals surface area (Å²) in [5.74, 6) is 1.34. The number of carbonyl (C=O) groups is 1. The molecule has 0 N–H and O–H groups in total. The average molecular weight is 349 g/mol. The van der Waals surface area contributed by atoms with Gasteiger partial charge in [-0.3, -0.25) is 4.79 Å². The number of fused-ring (bicyclic) bond motifs is 1. The van der Waals surface area contributed by atoms with Crippen molar-refractivity contribution in [2.75, 3.05) is 5.75 Å². The van der Waals surface area contributed by atoms with Gasteiger partial charge in [0, 0.05) is 15.1 Å². The van der Waals surface area contributed by atoms with E-state index in [1.165, 1.54) is 22.2 Å². The first-order valence-corrected chi connectivity index (χ1v) is 9.54. The van der Waals surface area contributed by atoms with Crippen LogP contribution < -0.4 is 0 Å². The Morgan fingerprint density at radius 1 is 1.14 bits per heavy atom. The van der Waals surface area contributed by atoms with Crippen LogP contribution in [0.15, 0.2) is 17.2 Å². The summed E-state index contributed by atoms with van der Waals surface area (Å²) in [6.07, 6.45) is 0. The van der Waals surface area contributed by atoms with Gasteiger partial charge in [0.05, 0.1) is 10.6 Å². The lowest BCUT2D eigenvalue weighted by molar-refractivity contribution is 0.102. The molecule has 0 saturated carbocycles. The summed E-state index contributed by atoms with van der Waals surface area (Å²) in [4.78, 5) is 25.6. The fourth-order valence-electron chi connectivity index (χ4n) is 2.21. The standard InChI is InChI=1S/C16H16N2OS3/c1-8-5-6-13(21-8)12(19)7-20-15-14-9(2)10(3)22-16(14)18-11(4)17-15/h5-6H,7H2,1-4H3.